The molecular formula is C21H15BrN2O3. The van der Waals surface area contributed by atoms with Gasteiger partial charge in [0, 0.05) is 10.0 Å². The van der Waals surface area contributed by atoms with Crippen molar-refractivity contribution in [3.05, 3.63) is 82.0 Å². The number of carbonyl (C=O) groups is 2. The van der Waals surface area contributed by atoms with E-state index in [1.54, 1.807) is 30.3 Å². The summed E-state index contributed by atoms with van der Waals surface area (Å²) in [6.07, 6.45) is 1.46. The Kier molecular flexibility index (Phi) is 4.41. The Morgan fingerprint density at radius 1 is 1.04 bits per heavy atom. The first-order chi connectivity index (χ1) is 13.0. The van der Waals surface area contributed by atoms with E-state index in [1.165, 1.54) is 11.1 Å². The van der Waals surface area contributed by atoms with Crippen LogP contribution in [-0.4, -0.2) is 11.8 Å². The summed E-state index contributed by atoms with van der Waals surface area (Å²) in [5.41, 5.74) is 5.24. The SMILES string of the molecule is Cc1ccc(-c2ccc(C=C3C(=O)NN(c4ccccc4)C3=O)o2)c(Br)c1. The topological polar surface area (TPSA) is 62.6 Å². The first-order valence-corrected chi connectivity index (χ1v) is 9.11. The molecular weight excluding hydrogens is 408 g/mol. The van der Waals surface area contributed by atoms with Gasteiger partial charge < -0.3 is 4.42 Å². The van der Waals surface area contributed by atoms with E-state index in [9.17, 15) is 9.59 Å². The molecule has 0 unspecified atom stereocenters. The highest BCUT2D eigenvalue weighted by Gasteiger charge is 2.34. The Morgan fingerprint density at radius 2 is 1.81 bits per heavy atom. The van der Waals surface area contributed by atoms with Gasteiger partial charge in [-0.15, -0.1) is 0 Å². The normalized spacial score (nSPS) is 15.5. The quantitative estimate of drug-likeness (QED) is 0.499. The number of para-hydroxylation sites is 1. The summed E-state index contributed by atoms with van der Waals surface area (Å²) in [6, 6.07) is 18.4. The van der Waals surface area contributed by atoms with Crippen molar-refractivity contribution < 1.29 is 14.0 Å². The minimum absolute atomic E-state index is 0.0303. The number of nitrogens with zero attached hydrogens (tertiary/aromatic N) is 1. The molecule has 4 rings (SSSR count). The van der Waals surface area contributed by atoms with E-state index in [0.29, 0.717) is 17.2 Å². The van der Waals surface area contributed by atoms with Crippen LogP contribution in [0.5, 0.6) is 0 Å². The second kappa shape index (κ2) is 6.89. The number of carbonyl (C=O) groups excluding carboxylic acids is 2. The van der Waals surface area contributed by atoms with Gasteiger partial charge in [0.15, 0.2) is 0 Å². The highest BCUT2D eigenvalue weighted by molar-refractivity contribution is 9.10. The van der Waals surface area contributed by atoms with Crippen LogP contribution in [-0.2, 0) is 9.59 Å². The first-order valence-electron chi connectivity index (χ1n) is 8.31. The molecule has 1 N–H and O–H groups in total. The van der Waals surface area contributed by atoms with Gasteiger partial charge in [-0.3, -0.25) is 15.0 Å². The molecule has 0 spiro atoms. The lowest BCUT2D eigenvalue weighted by atomic mass is 10.1. The summed E-state index contributed by atoms with van der Waals surface area (Å²) in [4.78, 5) is 24.9. The van der Waals surface area contributed by atoms with Crippen molar-refractivity contribution in [1.82, 2.24) is 5.43 Å². The molecule has 2 amide bonds. The van der Waals surface area contributed by atoms with Gasteiger partial charge in [0.05, 0.1) is 5.69 Å². The number of rotatable bonds is 3. The molecule has 1 aromatic heterocycles. The molecule has 0 saturated carbocycles. The van der Waals surface area contributed by atoms with Crippen LogP contribution in [0.4, 0.5) is 5.69 Å². The second-order valence-electron chi connectivity index (χ2n) is 6.16. The third-order valence-electron chi connectivity index (χ3n) is 4.21. The number of aryl methyl sites for hydroxylation is 1. The molecule has 6 heteroatoms. The lowest BCUT2D eigenvalue weighted by molar-refractivity contribution is -0.117. The van der Waals surface area contributed by atoms with Crippen LogP contribution < -0.4 is 10.4 Å². The predicted molar refractivity (Wildman–Crippen MR) is 107 cm³/mol. The summed E-state index contributed by atoms with van der Waals surface area (Å²) in [7, 11) is 0. The molecule has 1 fully saturated rings. The molecule has 0 aliphatic carbocycles. The molecule has 1 aliphatic rings. The maximum absolute atomic E-state index is 12.6. The van der Waals surface area contributed by atoms with Gasteiger partial charge in [-0.25, -0.2) is 5.01 Å². The van der Waals surface area contributed by atoms with Crippen molar-refractivity contribution in [3.63, 3.8) is 0 Å². The third-order valence-corrected chi connectivity index (χ3v) is 4.87. The molecule has 27 heavy (non-hydrogen) atoms. The minimum atomic E-state index is -0.460. The van der Waals surface area contributed by atoms with Crippen LogP contribution in [0.15, 0.2) is 75.1 Å². The molecule has 134 valence electrons. The van der Waals surface area contributed by atoms with Gasteiger partial charge >= 0.3 is 0 Å². The number of halogens is 1. The van der Waals surface area contributed by atoms with Crippen LogP contribution in [0.1, 0.15) is 11.3 Å². The number of hydrazine groups is 1. The van der Waals surface area contributed by atoms with Crippen LogP contribution in [0.2, 0.25) is 0 Å². The average Bonchev–Trinajstić information content (AvgIpc) is 3.22. The molecule has 1 aliphatic heterocycles. The molecule has 5 nitrogen and oxygen atoms in total. The van der Waals surface area contributed by atoms with E-state index in [2.05, 4.69) is 21.4 Å². The molecule has 0 radical (unpaired) electrons. The van der Waals surface area contributed by atoms with Gasteiger partial charge in [0.2, 0.25) is 0 Å². The predicted octanol–water partition coefficient (Wildman–Crippen LogP) is 4.48. The summed E-state index contributed by atoms with van der Waals surface area (Å²) in [5.74, 6) is 0.212. The maximum atomic E-state index is 12.6. The van der Waals surface area contributed by atoms with E-state index < -0.39 is 11.8 Å². The smallest absolute Gasteiger partial charge is 0.282 e. The average molecular weight is 423 g/mol. The molecule has 3 aromatic rings. The fraction of sp³-hybridized carbons (Fsp3) is 0.0476. The number of hydrogen-bond acceptors (Lipinski definition) is 3. The zero-order valence-electron chi connectivity index (χ0n) is 14.4. The highest BCUT2D eigenvalue weighted by Crippen LogP contribution is 2.31. The Hall–Kier alpha value is -3.12. The summed E-state index contributed by atoms with van der Waals surface area (Å²) in [6.45, 7) is 2.01. The number of amides is 2. The van der Waals surface area contributed by atoms with Crippen molar-refractivity contribution in [2.24, 2.45) is 0 Å². The largest absolute Gasteiger partial charge is 0.457 e. The number of furan rings is 1. The van der Waals surface area contributed by atoms with Crippen LogP contribution in [0.25, 0.3) is 17.4 Å². The van der Waals surface area contributed by atoms with E-state index in [0.717, 1.165) is 15.6 Å². The number of benzene rings is 2. The van der Waals surface area contributed by atoms with Crippen molar-refractivity contribution in [1.29, 1.82) is 0 Å². The van der Waals surface area contributed by atoms with E-state index in [-0.39, 0.29) is 5.57 Å². The second-order valence-corrected chi connectivity index (χ2v) is 7.01. The zero-order valence-corrected chi connectivity index (χ0v) is 16.0. The van der Waals surface area contributed by atoms with Gasteiger partial charge in [-0.05, 0) is 55.0 Å². The molecule has 0 atom stereocenters. The highest BCUT2D eigenvalue weighted by atomic mass is 79.9. The van der Waals surface area contributed by atoms with Crippen LogP contribution in [0.3, 0.4) is 0 Å². The summed E-state index contributed by atoms with van der Waals surface area (Å²) >= 11 is 3.53. The Balaban J connectivity index is 1.63. The summed E-state index contributed by atoms with van der Waals surface area (Å²) < 4.78 is 6.75. The molecule has 2 heterocycles. The van der Waals surface area contributed by atoms with Crippen LogP contribution in [0, 0.1) is 6.92 Å². The summed E-state index contributed by atoms with van der Waals surface area (Å²) in [5, 5.41) is 1.23. The van der Waals surface area contributed by atoms with Gasteiger partial charge in [-0.1, -0.05) is 40.2 Å². The van der Waals surface area contributed by atoms with E-state index in [1.807, 2.05) is 37.3 Å². The number of anilines is 1. The molecule has 0 bridgehead atoms. The van der Waals surface area contributed by atoms with Crippen molar-refractivity contribution in [2.45, 2.75) is 6.92 Å². The third kappa shape index (κ3) is 3.31. The maximum Gasteiger partial charge on any atom is 0.282 e. The Morgan fingerprint density at radius 3 is 2.56 bits per heavy atom. The number of nitrogens with one attached hydrogen (secondary N) is 1. The lowest BCUT2D eigenvalue weighted by Gasteiger charge is -2.13. The van der Waals surface area contributed by atoms with Crippen LogP contribution >= 0.6 is 15.9 Å². The van der Waals surface area contributed by atoms with E-state index >= 15 is 0 Å². The monoisotopic (exact) mass is 422 g/mol. The Bertz CT molecular complexity index is 1070. The fourth-order valence-corrected chi connectivity index (χ4v) is 3.54. The van der Waals surface area contributed by atoms with Gasteiger partial charge in [0.25, 0.3) is 11.8 Å². The number of hydrogen-bond donors (Lipinski definition) is 1. The lowest BCUT2D eigenvalue weighted by Crippen LogP contribution is -2.35. The van der Waals surface area contributed by atoms with Gasteiger partial charge in [-0.2, -0.15) is 0 Å². The van der Waals surface area contributed by atoms with Crippen molar-refractivity contribution in [3.8, 4) is 11.3 Å². The van der Waals surface area contributed by atoms with Crippen molar-refractivity contribution in [2.75, 3.05) is 5.01 Å². The first kappa shape index (κ1) is 17.3. The zero-order chi connectivity index (χ0) is 19.0. The fourth-order valence-electron chi connectivity index (χ4n) is 2.85. The minimum Gasteiger partial charge on any atom is -0.457 e. The van der Waals surface area contributed by atoms with Crippen molar-refractivity contribution >= 4 is 39.5 Å². The standard InChI is InChI=1S/C21H15BrN2O3/c1-13-7-9-16(18(22)11-13)19-10-8-15(27-19)12-17-20(25)23-24(21(17)26)14-5-3-2-4-6-14/h2-12H,1H3,(H,23,25). The van der Waals surface area contributed by atoms with Gasteiger partial charge in [0.1, 0.15) is 17.1 Å². The molecule has 1 saturated heterocycles. The molecule has 2 aromatic carbocycles. The van der Waals surface area contributed by atoms with E-state index in [4.69, 9.17) is 4.42 Å². The Labute approximate surface area is 164 Å².